The van der Waals surface area contributed by atoms with E-state index in [1.807, 2.05) is 30.5 Å². The second kappa shape index (κ2) is 4.14. The van der Waals surface area contributed by atoms with E-state index in [0.717, 1.165) is 22.4 Å². The molecule has 0 bridgehead atoms. The van der Waals surface area contributed by atoms with Crippen molar-refractivity contribution in [3.8, 4) is 11.5 Å². The Labute approximate surface area is 124 Å². The summed E-state index contributed by atoms with van der Waals surface area (Å²) in [6, 6.07) is 14.4. The largest absolute Gasteiger partial charge is 0.454 e. The Kier molecular flexibility index (Phi) is 2.16. The van der Waals surface area contributed by atoms with Gasteiger partial charge in [-0.2, -0.15) is 5.10 Å². The molecular weight excluding hydrogens is 276 g/mol. The minimum Gasteiger partial charge on any atom is -0.454 e. The fourth-order valence-corrected chi connectivity index (χ4v) is 2.77. The van der Waals surface area contributed by atoms with E-state index in [4.69, 9.17) is 4.42 Å². The normalized spacial score (nSPS) is 11.6. The Morgan fingerprint density at radius 2 is 1.91 bits per heavy atom. The molecule has 0 aliphatic heterocycles. The maximum Gasteiger partial charge on any atom is 0.251 e. The van der Waals surface area contributed by atoms with Gasteiger partial charge in [-0.15, -0.1) is 0 Å². The second-order valence-electron chi connectivity index (χ2n) is 5.12. The molecule has 0 fully saturated rings. The Morgan fingerprint density at radius 1 is 0.955 bits per heavy atom. The molecule has 22 heavy (non-hydrogen) atoms. The summed E-state index contributed by atoms with van der Waals surface area (Å²) in [6.07, 6.45) is 5.07. The molecule has 0 saturated heterocycles. The van der Waals surface area contributed by atoms with Gasteiger partial charge in [0.05, 0.1) is 18.6 Å². The third-order valence-electron chi connectivity index (χ3n) is 3.80. The molecule has 0 saturated carbocycles. The summed E-state index contributed by atoms with van der Waals surface area (Å²) in [5, 5.41) is 7.64. The highest BCUT2D eigenvalue weighted by Gasteiger charge is 2.12. The zero-order chi connectivity index (χ0) is 14.5. The van der Waals surface area contributed by atoms with Crippen LogP contribution in [0.5, 0.6) is 0 Å². The molecule has 0 unspecified atom stereocenters. The van der Waals surface area contributed by atoms with Crippen molar-refractivity contribution >= 4 is 27.5 Å². The zero-order valence-electron chi connectivity index (χ0n) is 11.5. The zero-order valence-corrected chi connectivity index (χ0v) is 11.5. The lowest BCUT2D eigenvalue weighted by molar-refractivity contribution is 0.629. The molecule has 0 amide bonds. The quantitative estimate of drug-likeness (QED) is 0.471. The van der Waals surface area contributed by atoms with E-state index in [-0.39, 0.29) is 0 Å². The van der Waals surface area contributed by atoms with E-state index in [2.05, 4.69) is 33.3 Å². The van der Waals surface area contributed by atoms with Crippen LogP contribution in [-0.2, 0) is 0 Å². The van der Waals surface area contributed by atoms with E-state index in [1.165, 1.54) is 10.8 Å². The van der Waals surface area contributed by atoms with Crippen LogP contribution < -0.4 is 0 Å². The number of furan rings is 1. The third-order valence-corrected chi connectivity index (χ3v) is 3.80. The predicted octanol–water partition coefficient (Wildman–Crippen LogP) is 3.69. The van der Waals surface area contributed by atoms with Gasteiger partial charge in [-0.05, 0) is 22.9 Å². The molecule has 0 atom stereocenters. The standard InChI is InChI=1S/C17H10N4O/c1-2-4-12-11(3-1)5-6-15-13(12)9-16(22-15)14-10-21-17(20-14)18-7-8-19-21/h1-10H. The van der Waals surface area contributed by atoms with Crippen molar-refractivity contribution < 1.29 is 4.42 Å². The molecule has 0 N–H and O–H groups in total. The van der Waals surface area contributed by atoms with Crippen LogP contribution in [0.3, 0.4) is 0 Å². The van der Waals surface area contributed by atoms with Crippen LogP contribution in [0.2, 0.25) is 0 Å². The van der Waals surface area contributed by atoms with Gasteiger partial charge in [-0.1, -0.05) is 30.3 Å². The molecule has 3 aromatic heterocycles. The van der Waals surface area contributed by atoms with Crippen molar-refractivity contribution in [1.29, 1.82) is 0 Å². The van der Waals surface area contributed by atoms with Gasteiger partial charge >= 0.3 is 0 Å². The number of fused-ring (bicyclic) bond motifs is 4. The van der Waals surface area contributed by atoms with Crippen LogP contribution >= 0.6 is 0 Å². The minimum absolute atomic E-state index is 0.558. The molecule has 0 spiro atoms. The van der Waals surface area contributed by atoms with Gasteiger partial charge < -0.3 is 4.42 Å². The average Bonchev–Trinajstić information content (AvgIpc) is 3.18. The topological polar surface area (TPSA) is 56.2 Å². The lowest BCUT2D eigenvalue weighted by Crippen LogP contribution is -1.89. The summed E-state index contributed by atoms with van der Waals surface area (Å²) in [7, 11) is 0. The number of imidazole rings is 1. The first kappa shape index (κ1) is 11.4. The van der Waals surface area contributed by atoms with E-state index in [1.54, 1.807) is 16.9 Å². The first-order valence-electron chi connectivity index (χ1n) is 6.96. The number of hydrogen-bond donors (Lipinski definition) is 0. The summed E-state index contributed by atoms with van der Waals surface area (Å²) in [6.45, 7) is 0. The molecule has 5 rings (SSSR count). The summed E-state index contributed by atoms with van der Waals surface area (Å²) in [5.74, 6) is 1.28. The van der Waals surface area contributed by atoms with Crippen LogP contribution in [-0.4, -0.2) is 19.6 Å². The maximum atomic E-state index is 5.96. The van der Waals surface area contributed by atoms with Gasteiger partial charge in [0.1, 0.15) is 11.3 Å². The van der Waals surface area contributed by atoms with Crippen LogP contribution in [0, 0.1) is 0 Å². The van der Waals surface area contributed by atoms with Crippen molar-refractivity contribution in [3.05, 3.63) is 61.1 Å². The molecule has 104 valence electrons. The van der Waals surface area contributed by atoms with Crippen molar-refractivity contribution in [3.63, 3.8) is 0 Å². The molecule has 0 radical (unpaired) electrons. The van der Waals surface area contributed by atoms with Gasteiger partial charge in [-0.25, -0.2) is 14.5 Å². The predicted molar refractivity (Wildman–Crippen MR) is 83.5 cm³/mol. The summed E-state index contributed by atoms with van der Waals surface area (Å²) >= 11 is 0. The van der Waals surface area contributed by atoms with Crippen molar-refractivity contribution in [2.24, 2.45) is 0 Å². The van der Waals surface area contributed by atoms with Crippen molar-refractivity contribution in [2.75, 3.05) is 0 Å². The van der Waals surface area contributed by atoms with E-state index < -0.39 is 0 Å². The molecule has 5 aromatic rings. The molecule has 5 heteroatoms. The highest BCUT2D eigenvalue weighted by molar-refractivity contribution is 6.06. The first-order valence-corrected chi connectivity index (χ1v) is 6.96. The van der Waals surface area contributed by atoms with Crippen molar-refractivity contribution in [1.82, 2.24) is 19.6 Å². The summed E-state index contributed by atoms with van der Waals surface area (Å²) < 4.78 is 7.60. The SMILES string of the molecule is c1ccc2c(c1)ccc1oc(-c3cn4nccnc4n3)cc12. The first-order chi connectivity index (χ1) is 10.9. The lowest BCUT2D eigenvalue weighted by atomic mass is 10.1. The highest BCUT2D eigenvalue weighted by atomic mass is 16.3. The van der Waals surface area contributed by atoms with Gasteiger partial charge in [0.25, 0.3) is 5.78 Å². The molecular formula is C17H10N4O. The Bertz CT molecular complexity index is 1110. The molecule has 0 aliphatic rings. The fourth-order valence-electron chi connectivity index (χ4n) is 2.77. The van der Waals surface area contributed by atoms with Crippen molar-refractivity contribution in [2.45, 2.75) is 0 Å². The molecule has 0 aliphatic carbocycles. The number of hydrogen-bond acceptors (Lipinski definition) is 4. The van der Waals surface area contributed by atoms with Gasteiger partial charge in [0.15, 0.2) is 5.76 Å². The number of nitrogens with zero attached hydrogens (tertiary/aromatic N) is 4. The Balaban J connectivity index is 1.79. The number of aromatic nitrogens is 4. The van der Waals surface area contributed by atoms with Crippen LogP contribution in [0.4, 0.5) is 0 Å². The Hall–Kier alpha value is -3.21. The average molecular weight is 286 g/mol. The summed E-state index contributed by atoms with van der Waals surface area (Å²) in [5.41, 5.74) is 1.58. The molecule has 2 aromatic carbocycles. The summed E-state index contributed by atoms with van der Waals surface area (Å²) in [4.78, 5) is 8.63. The van der Waals surface area contributed by atoms with Gasteiger partial charge in [0.2, 0.25) is 0 Å². The van der Waals surface area contributed by atoms with Gasteiger partial charge in [0, 0.05) is 5.39 Å². The van der Waals surface area contributed by atoms with Crippen LogP contribution in [0.1, 0.15) is 0 Å². The number of rotatable bonds is 1. The smallest absolute Gasteiger partial charge is 0.251 e. The van der Waals surface area contributed by atoms with E-state index >= 15 is 0 Å². The van der Waals surface area contributed by atoms with E-state index in [0.29, 0.717) is 5.78 Å². The second-order valence-corrected chi connectivity index (χ2v) is 5.12. The Morgan fingerprint density at radius 3 is 2.86 bits per heavy atom. The fraction of sp³-hybridized carbons (Fsp3) is 0. The lowest BCUT2D eigenvalue weighted by Gasteiger charge is -1.96. The monoisotopic (exact) mass is 286 g/mol. The van der Waals surface area contributed by atoms with E-state index in [9.17, 15) is 0 Å². The third kappa shape index (κ3) is 1.56. The highest BCUT2D eigenvalue weighted by Crippen LogP contribution is 2.32. The number of benzene rings is 2. The van der Waals surface area contributed by atoms with Gasteiger partial charge in [-0.3, -0.25) is 0 Å². The van der Waals surface area contributed by atoms with Crippen LogP contribution in [0.15, 0.2) is 65.5 Å². The molecule has 3 heterocycles. The molecule has 5 nitrogen and oxygen atoms in total. The maximum absolute atomic E-state index is 5.96. The van der Waals surface area contributed by atoms with Crippen LogP contribution in [0.25, 0.3) is 39.0 Å². The minimum atomic E-state index is 0.558.